The molecule has 0 bridgehead atoms. The number of fused-ring (bicyclic) bond motifs is 1. The Morgan fingerprint density at radius 3 is 2.43 bits per heavy atom. The zero-order chi connectivity index (χ0) is 21.9. The van der Waals surface area contributed by atoms with Gasteiger partial charge in [0, 0.05) is 30.6 Å². The largest absolute Gasteiger partial charge is 0.480 e. The SMILES string of the molecule is CN(NC(=O)Cc1ccc(C(F)(F)F)cc1)[C@@H](Cc1c[nH]c2ccccc12)C(=O)O. The van der Waals surface area contributed by atoms with E-state index in [0.29, 0.717) is 5.56 Å². The zero-order valence-corrected chi connectivity index (χ0v) is 16.0. The Morgan fingerprint density at radius 1 is 1.13 bits per heavy atom. The number of aliphatic carboxylic acids is 1. The molecule has 2 aromatic carbocycles. The highest BCUT2D eigenvalue weighted by atomic mass is 19.4. The Hall–Kier alpha value is -3.33. The first kappa shape index (κ1) is 21.4. The first-order valence-corrected chi connectivity index (χ1v) is 9.11. The molecule has 1 heterocycles. The van der Waals surface area contributed by atoms with Crippen molar-refractivity contribution in [2.24, 2.45) is 0 Å². The van der Waals surface area contributed by atoms with Gasteiger partial charge >= 0.3 is 12.1 Å². The highest BCUT2D eigenvalue weighted by molar-refractivity contribution is 5.84. The molecule has 158 valence electrons. The fraction of sp³-hybridized carbons (Fsp3) is 0.238. The van der Waals surface area contributed by atoms with Gasteiger partial charge in [0.05, 0.1) is 12.0 Å². The molecule has 0 saturated heterocycles. The quantitative estimate of drug-likeness (QED) is 0.513. The summed E-state index contributed by atoms with van der Waals surface area (Å²) < 4.78 is 37.9. The van der Waals surface area contributed by atoms with Crippen LogP contribution in [0.2, 0.25) is 0 Å². The van der Waals surface area contributed by atoms with Crippen molar-refractivity contribution in [2.45, 2.75) is 25.1 Å². The monoisotopic (exact) mass is 419 g/mol. The molecule has 0 fully saturated rings. The van der Waals surface area contributed by atoms with Crippen LogP contribution >= 0.6 is 0 Å². The molecule has 0 aliphatic heterocycles. The summed E-state index contributed by atoms with van der Waals surface area (Å²) >= 11 is 0. The minimum absolute atomic E-state index is 0.149. The number of halogens is 3. The van der Waals surface area contributed by atoms with Crippen molar-refractivity contribution in [3.05, 3.63) is 71.4 Å². The molecule has 0 aliphatic rings. The fourth-order valence-electron chi connectivity index (χ4n) is 3.21. The molecule has 1 aromatic heterocycles. The number of carboxylic acid groups (broad SMARTS) is 1. The standard InChI is InChI=1S/C21H20F3N3O3/c1-27(26-19(28)10-13-6-8-15(9-7-13)21(22,23)24)18(20(29)30)11-14-12-25-17-5-3-2-4-16(14)17/h2-9,12,18,25H,10-11H2,1H3,(H,26,28)(H,29,30)/t18-/m0/s1. The summed E-state index contributed by atoms with van der Waals surface area (Å²) in [5.74, 6) is -1.64. The van der Waals surface area contributed by atoms with Crippen molar-refractivity contribution in [3.8, 4) is 0 Å². The molecule has 0 unspecified atom stereocenters. The Labute approximate surface area is 170 Å². The normalized spacial score (nSPS) is 12.8. The predicted octanol–water partition coefficient (Wildman–Crippen LogP) is 3.39. The van der Waals surface area contributed by atoms with Crippen LogP contribution in [0.3, 0.4) is 0 Å². The number of carboxylic acids is 1. The van der Waals surface area contributed by atoms with Gasteiger partial charge in [-0.1, -0.05) is 30.3 Å². The summed E-state index contributed by atoms with van der Waals surface area (Å²) in [7, 11) is 1.44. The van der Waals surface area contributed by atoms with Gasteiger partial charge in [-0.3, -0.25) is 15.0 Å². The number of alkyl halides is 3. The van der Waals surface area contributed by atoms with E-state index < -0.39 is 29.7 Å². The van der Waals surface area contributed by atoms with Gasteiger partial charge < -0.3 is 10.1 Å². The van der Waals surface area contributed by atoms with E-state index in [1.807, 2.05) is 24.3 Å². The van der Waals surface area contributed by atoms with E-state index in [9.17, 15) is 27.9 Å². The Kier molecular flexibility index (Phi) is 6.12. The second kappa shape index (κ2) is 8.58. The molecule has 3 rings (SSSR count). The van der Waals surface area contributed by atoms with Crippen LogP contribution in [-0.2, 0) is 28.6 Å². The van der Waals surface area contributed by atoms with Crippen molar-refractivity contribution in [2.75, 3.05) is 7.05 Å². The number of H-pyrrole nitrogens is 1. The number of aromatic nitrogens is 1. The van der Waals surface area contributed by atoms with Crippen LogP contribution in [0.1, 0.15) is 16.7 Å². The molecular formula is C21H20F3N3O3. The predicted molar refractivity (Wildman–Crippen MR) is 104 cm³/mol. The van der Waals surface area contributed by atoms with Crippen LogP contribution in [0.15, 0.2) is 54.7 Å². The lowest BCUT2D eigenvalue weighted by Gasteiger charge is -2.25. The van der Waals surface area contributed by atoms with Crippen molar-refractivity contribution in [1.82, 2.24) is 15.4 Å². The first-order chi connectivity index (χ1) is 14.1. The molecule has 30 heavy (non-hydrogen) atoms. The number of nitrogens with zero attached hydrogens (tertiary/aromatic N) is 1. The minimum Gasteiger partial charge on any atom is -0.480 e. The number of hydrazine groups is 1. The van der Waals surface area contributed by atoms with Crippen molar-refractivity contribution in [1.29, 1.82) is 0 Å². The van der Waals surface area contributed by atoms with Gasteiger partial charge in [0.1, 0.15) is 6.04 Å². The van der Waals surface area contributed by atoms with E-state index in [1.54, 1.807) is 6.20 Å². The van der Waals surface area contributed by atoms with Crippen LogP contribution in [0, 0.1) is 0 Å². The summed E-state index contributed by atoms with van der Waals surface area (Å²) in [6.45, 7) is 0. The topological polar surface area (TPSA) is 85.4 Å². The molecule has 0 radical (unpaired) electrons. The first-order valence-electron chi connectivity index (χ1n) is 9.11. The number of amides is 1. The van der Waals surface area contributed by atoms with Gasteiger partial charge in [0.15, 0.2) is 0 Å². The van der Waals surface area contributed by atoms with Gasteiger partial charge in [-0.2, -0.15) is 13.2 Å². The van der Waals surface area contributed by atoms with Crippen molar-refractivity contribution in [3.63, 3.8) is 0 Å². The van der Waals surface area contributed by atoms with E-state index in [2.05, 4.69) is 10.4 Å². The smallest absolute Gasteiger partial charge is 0.416 e. The molecule has 9 heteroatoms. The molecule has 0 spiro atoms. The lowest BCUT2D eigenvalue weighted by Crippen LogP contribution is -2.50. The van der Waals surface area contributed by atoms with E-state index >= 15 is 0 Å². The second-order valence-electron chi connectivity index (χ2n) is 6.94. The molecule has 6 nitrogen and oxygen atoms in total. The third-order valence-corrected chi connectivity index (χ3v) is 4.79. The number of carbonyl (C=O) groups excluding carboxylic acids is 1. The Bertz CT molecular complexity index is 1040. The summed E-state index contributed by atoms with van der Waals surface area (Å²) in [5.41, 5.74) is 3.76. The molecule has 0 saturated carbocycles. The fourth-order valence-corrected chi connectivity index (χ4v) is 3.21. The summed E-state index contributed by atoms with van der Waals surface area (Å²) in [6, 6.07) is 10.7. The Balaban J connectivity index is 1.65. The van der Waals surface area contributed by atoms with Gasteiger partial charge in [-0.25, -0.2) is 5.01 Å². The van der Waals surface area contributed by atoms with Crippen LogP contribution in [0.25, 0.3) is 10.9 Å². The highest BCUT2D eigenvalue weighted by Crippen LogP contribution is 2.29. The highest BCUT2D eigenvalue weighted by Gasteiger charge is 2.30. The third kappa shape index (κ3) is 4.98. The third-order valence-electron chi connectivity index (χ3n) is 4.79. The van der Waals surface area contributed by atoms with Gasteiger partial charge in [0.2, 0.25) is 5.91 Å². The second-order valence-corrected chi connectivity index (χ2v) is 6.94. The van der Waals surface area contributed by atoms with Crippen molar-refractivity contribution < 1.29 is 27.9 Å². The van der Waals surface area contributed by atoms with E-state index in [0.717, 1.165) is 28.6 Å². The zero-order valence-electron chi connectivity index (χ0n) is 16.0. The number of hydrogen-bond donors (Lipinski definition) is 3. The summed E-state index contributed by atoms with van der Waals surface area (Å²) in [5, 5.41) is 11.7. The number of hydrogen-bond acceptors (Lipinski definition) is 3. The van der Waals surface area contributed by atoms with Crippen LogP contribution in [0.5, 0.6) is 0 Å². The van der Waals surface area contributed by atoms with Crippen molar-refractivity contribution >= 4 is 22.8 Å². The van der Waals surface area contributed by atoms with Crippen LogP contribution < -0.4 is 5.43 Å². The van der Waals surface area contributed by atoms with Crippen LogP contribution in [-0.4, -0.2) is 40.1 Å². The number of aromatic amines is 1. The molecule has 1 atom stereocenters. The maximum absolute atomic E-state index is 12.6. The van der Waals surface area contributed by atoms with E-state index in [4.69, 9.17) is 0 Å². The number of likely N-dealkylation sites (N-methyl/N-ethyl adjacent to an activating group) is 1. The molecule has 0 aliphatic carbocycles. The average Bonchev–Trinajstić information content (AvgIpc) is 3.08. The van der Waals surface area contributed by atoms with Gasteiger partial charge in [-0.05, 0) is 29.3 Å². The van der Waals surface area contributed by atoms with Crippen LogP contribution in [0.4, 0.5) is 13.2 Å². The summed E-state index contributed by atoms with van der Waals surface area (Å²) in [4.78, 5) is 27.1. The number of carbonyl (C=O) groups is 2. The molecule has 3 N–H and O–H groups in total. The van der Waals surface area contributed by atoms with E-state index in [1.165, 1.54) is 24.2 Å². The maximum atomic E-state index is 12.6. The number of nitrogens with one attached hydrogen (secondary N) is 2. The number of rotatable bonds is 7. The average molecular weight is 419 g/mol. The molecular weight excluding hydrogens is 399 g/mol. The lowest BCUT2D eigenvalue weighted by atomic mass is 10.0. The number of benzene rings is 2. The van der Waals surface area contributed by atoms with E-state index in [-0.39, 0.29) is 12.8 Å². The lowest BCUT2D eigenvalue weighted by molar-refractivity contribution is -0.145. The maximum Gasteiger partial charge on any atom is 0.416 e. The number of para-hydroxylation sites is 1. The molecule has 1 amide bonds. The summed E-state index contributed by atoms with van der Waals surface area (Å²) in [6.07, 6.45) is -2.74. The Morgan fingerprint density at radius 2 is 1.80 bits per heavy atom. The molecule has 3 aromatic rings. The van der Waals surface area contributed by atoms with Gasteiger partial charge in [-0.15, -0.1) is 0 Å². The minimum atomic E-state index is -4.45. The van der Waals surface area contributed by atoms with Gasteiger partial charge in [0.25, 0.3) is 0 Å².